The van der Waals surface area contributed by atoms with Gasteiger partial charge in [-0.2, -0.15) is 5.26 Å². The van der Waals surface area contributed by atoms with E-state index in [1.165, 1.54) is 0 Å². The Morgan fingerprint density at radius 1 is 1.29 bits per heavy atom. The van der Waals surface area contributed by atoms with Crippen LogP contribution in [0.3, 0.4) is 0 Å². The lowest BCUT2D eigenvalue weighted by Gasteiger charge is -2.28. The molecule has 0 aromatic carbocycles. The number of likely N-dealkylation sites (tertiary alicyclic amines) is 1. The second kappa shape index (κ2) is 8.15. The number of amides is 1. The molecule has 2 aliphatic rings. The van der Waals surface area contributed by atoms with E-state index in [1.807, 2.05) is 31.7 Å². The predicted molar refractivity (Wildman–Crippen MR) is 103 cm³/mol. The first kappa shape index (κ1) is 20.1. The maximum absolute atomic E-state index is 12.8. The van der Waals surface area contributed by atoms with E-state index in [4.69, 9.17) is 10.00 Å². The second-order valence-electron chi connectivity index (χ2n) is 8.25. The van der Waals surface area contributed by atoms with Crippen LogP contribution in [0.25, 0.3) is 0 Å². The molecule has 28 heavy (non-hydrogen) atoms. The average Bonchev–Trinajstić information content (AvgIpc) is 3.30. The molecular weight excluding hydrogens is 358 g/mol. The third-order valence-electron chi connectivity index (χ3n) is 4.87. The number of anilines is 1. The summed E-state index contributed by atoms with van der Waals surface area (Å²) < 4.78 is 5.48. The molecule has 150 valence electrons. The topological polar surface area (TPSA) is 89.8 Å². The molecule has 0 saturated carbocycles. The fraction of sp³-hybridized carbons (Fsp3) is 0.600. The van der Waals surface area contributed by atoms with Crippen molar-refractivity contribution in [2.75, 3.05) is 37.7 Å². The summed E-state index contributed by atoms with van der Waals surface area (Å²) in [6.07, 6.45) is 3.03. The van der Waals surface area contributed by atoms with E-state index in [0.29, 0.717) is 25.2 Å². The molecule has 2 saturated heterocycles. The van der Waals surface area contributed by atoms with Gasteiger partial charge in [0.2, 0.25) is 5.91 Å². The molecule has 3 rings (SSSR count). The van der Waals surface area contributed by atoms with Crippen LogP contribution in [0, 0.1) is 11.3 Å². The molecule has 0 radical (unpaired) electrons. The number of carbonyl (C=O) groups excluding carboxylic acids is 2. The maximum Gasteiger partial charge on any atom is 0.329 e. The number of aromatic nitrogens is 1. The van der Waals surface area contributed by atoms with Crippen LogP contribution in [-0.4, -0.2) is 71.2 Å². The van der Waals surface area contributed by atoms with E-state index >= 15 is 0 Å². The lowest BCUT2D eigenvalue weighted by Crippen LogP contribution is -2.47. The first-order chi connectivity index (χ1) is 13.3. The van der Waals surface area contributed by atoms with Crippen molar-refractivity contribution < 1.29 is 14.3 Å². The Labute approximate surface area is 165 Å². The number of ether oxygens (including phenoxy) is 1. The highest BCUT2D eigenvalue weighted by Gasteiger charge is 2.37. The molecule has 2 aliphatic heterocycles. The van der Waals surface area contributed by atoms with Gasteiger partial charge in [0, 0.05) is 25.8 Å². The molecule has 8 heteroatoms. The van der Waals surface area contributed by atoms with Gasteiger partial charge in [0.1, 0.15) is 23.5 Å². The fourth-order valence-electron chi connectivity index (χ4n) is 3.56. The molecule has 0 aliphatic carbocycles. The first-order valence-corrected chi connectivity index (χ1v) is 9.62. The summed E-state index contributed by atoms with van der Waals surface area (Å²) in [7, 11) is 0. The van der Waals surface area contributed by atoms with Crippen molar-refractivity contribution in [1.29, 1.82) is 5.26 Å². The first-order valence-electron chi connectivity index (χ1n) is 9.62. The van der Waals surface area contributed by atoms with Gasteiger partial charge in [-0.3, -0.25) is 9.69 Å². The number of nitrogens with zero attached hydrogens (tertiary/aromatic N) is 5. The van der Waals surface area contributed by atoms with Crippen LogP contribution < -0.4 is 4.90 Å². The highest BCUT2D eigenvalue weighted by Crippen LogP contribution is 2.22. The van der Waals surface area contributed by atoms with E-state index in [0.717, 1.165) is 25.3 Å². The summed E-state index contributed by atoms with van der Waals surface area (Å²) in [4.78, 5) is 35.3. The third-order valence-corrected chi connectivity index (χ3v) is 4.87. The standard InChI is InChI=1S/C20H27N5O3/c1-20(2,3)28-19(27)16-5-4-8-25(16)18(26)13-23-9-10-24(14-23)17-7-6-15(11-21)12-22-17/h6-7,12,16H,4-5,8-10,13-14H2,1-3H3. The van der Waals surface area contributed by atoms with Crippen molar-refractivity contribution in [1.82, 2.24) is 14.8 Å². The van der Waals surface area contributed by atoms with E-state index in [-0.39, 0.29) is 18.4 Å². The van der Waals surface area contributed by atoms with Gasteiger partial charge in [0.25, 0.3) is 0 Å². The van der Waals surface area contributed by atoms with Crippen molar-refractivity contribution >= 4 is 17.7 Å². The summed E-state index contributed by atoms with van der Waals surface area (Å²) in [5, 5.41) is 8.87. The molecule has 1 aromatic rings. The summed E-state index contributed by atoms with van der Waals surface area (Å²) >= 11 is 0. The summed E-state index contributed by atoms with van der Waals surface area (Å²) in [6, 6.07) is 5.14. The minimum absolute atomic E-state index is 0.0389. The number of nitriles is 1. The number of rotatable bonds is 4. The van der Waals surface area contributed by atoms with Crippen molar-refractivity contribution in [3.8, 4) is 6.07 Å². The van der Waals surface area contributed by atoms with Gasteiger partial charge in [-0.15, -0.1) is 0 Å². The van der Waals surface area contributed by atoms with E-state index in [1.54, 1.807) is 17.2 Å². The monoisotopic (exact) mass is 385 g/mol. The van der Waals surface area contributed by atoms with E-state index in [2.05, 4.69) is 16.0 Å². The van der Waals surface area contributed by atoms with Gasteiger partial charge in [-0.05, 0) is 45.7 Å². The molecule has 3 heterocycles. The Hall–Kier alpha value is -2.66. The van der Waals surface area contributed by atoms with Crippen LogP contribution in [0.2, 0.25) is 0 Å². The molecule has 1 aromatic heterocycles. The zero-order chi connectivity index (χ0) is 20.3. The molecular formula is C20H27N5O3. The van der Waals surface area contributed by atoms with E-state index < -0.39 is 11.6 Å². The number of pyridine rings is 1. The van der Waals surface area contributed by atoms with Crippen molar-refractivity contribution in [3.05, 3.63) is 23.9 Å². The fourth-order valence-corrected chi connectivity index (χ4v) is 3.56. The van der Waals surface area contributed by atoms with Gasteiger partial charge in [0.15, 0.2) is 0 Å². The lowest BCUT2D eigenvalue weighted by atomic mass is 10.1. The molecule has 2 fully saturated rings. The highest BCUT2D eigenvalue weighted by molar-refractivity contribution is 5.86. The highest BCUT2D eigenvalue weighted by atomic mass is 16.6. The van der Waals surface area contributed by atoms with Crippen LogP contribution in [0.15, 0.2) is 18.3 Å². The van der Waals surface area contributed by atoms with Crippen molar-refractivity contribution in [3.63, 3.8) is 0 Å². The third kappa shape index (κ3) is 4.78. The number of hydrogen-bond donors (Lipinski definition) is 0. The van der Waals surface area contributed by atoms with Gasteiger partial charge >= 0.3 is 5.97 Å². The Morgan fingerprint density at radius 2 is 2.07 bits per heavy atom. The zero-order valence-corrected chi connectivity index (χ0v) is 16.7. The maximum atomic E-state index is 12.8. The Morgan fingerprint density at radius 3 is 2.71 bits per heavy atom. The number of esters is 1. The summed E-state index contributed by atoms with van der Waals surface area (Å²) in [5.74, 6) is 0.438. The van der Waals surface area contributed by atoms with E-state index in [9.17, 15) is 9.59 Å². The van der Waals surface area contributed by atoms with Crippen LogP contribution in [0.4, 0.5) is 5.82 Å². The lowest BCUT2D eigenvalue weighted by molar-refractivity contribution is -0.163. The molecule has 1 amide bonds. The molecule has 0 spiro atoms. The van der Waals surface area contributed by atoms with Gasteiger partial charge in [0.05, 0.1) is 18.8 Å². The van der Waals surface area contributed by atoms with Crippen LogP contribution in [-0.2, 0) is 14.3 Å². The van der Waals surface area contributed by atoms with Crippen molar-refractivity contribution in [2.24, 2.45) is 0 Å². The second-order valence-corrected chi connectivity index (χ2v) is 8.25. The summed E-state index contributed by atoms with van der Waals surface area (Å²) in [6.45, 7) is 8.48. The quantitative estimate of drug-likeness (QED) is 0.723. The Kier molecular flexibility index (Phi) is 5.84. The minimum Gasteiger partial charge on any atom is -0.458 e. The largest absolute Gasteiger partial charge is 0.458 e. The van der Waals surface area contributed by atoms with Gasteiger partial charge < -0.3 is 14.5 Å². The van der Waals surface area contributed by atoms with Crippen LogP contribution in [0.5, 0.6) is 0 Å². The van der Waals surface area contributed by atoms with Crippen LogP contribution >= 0.6 is 0 Å². The molecule has 1 atom stereocenters. The SMILES string of the molecule is CC(C)(C)OC(=O)C1CCCN1C(=O)CN1CCN(c2ccc(C#N)cn2)C1. The Bertz CT molecular complexity index is 766. The smallest absolute Gasteiger partial charge is 0.329 e. The normalized spacial score (nSPS) is 20.3. The minimum atomic E-state index is -0.558. The predicted octanol–water partition coefficient (Wildman–Crippen LogP) is 1.37. The number of hydrogen-bond acceptors (Lipinski definition) is 7. The summed E-state index contributed by atoms with van der Waals surface area (Å²) in [5.41, 5.74) is -0.0324. The molecule has 1 unspecified atom stereocenters. The molecule has 0 bridgehead atoms. The van der Waals surface area contributed by atoms with Crippen molar-refractivity contribution in [2.45, 2.75) is 45.3 Å². The average molecular weight is 385 g/mol. The number of carbonyl (C=O) groups is 2. The van der Waals surface area contributed by atoms with Crippen LogP contribution in [0.1, 0.15) is 39.2 Å². The van der Waals surface area contributed by atoms with Gasteiger partial charge in [-0.25, -0.2) is 9.78 Å². The Balaban J connectivity index is 1.55. The molecule has 0 N–H and O–H groups in total. The molecule has 8 nitrogen and oxygen atoms in total. The van der Waals surface area contributed by atoms with Gasteiger partial charge in [-0.1, -0.05) is 0 Å². The zero-order valence-electron chi connectivity index (χ0n) is 16.7.